The van der Waals surface area contributed by atoms with E-state index in [2.05, 4.69) is 4.85 Å². The van der Waals surface area contributed by atoms with Gasteiger partial charge in [0.05, 0.1) is 0 Å². The monoisotopic (exact) mass is 227 g/mol. The molecular weight excluding hydrogens is 210 g/mol. The number of benzene rings is 1. The second-order valence-electron chi connectivity index (χ2n) is 5.77. The third kappa shape index (κ3) is 1.98. The first-order valence-corrected chi connectivity index (χ1v) is 5.94. The van der Waals surface area contributed by atoms with E-state index in [9.17, 15) is 4.79 Å². The predicted molar refractivity (Wildman–Crippen MR) is 67.7 cm³/mol. The molecule has 2 rings (SSSR count). The lowest BCUT2D eigenvalue weighted by Crippen LogP contribution is -2.23. The van der Waals surface area contributed by atoms with Crippen molar-refractivity contribution < 1.29 is 4.79 Å². The molecule has 1 aliphatic carbocycles. The summed E-state index contributed by atoms with van der Waals surface area (Å²) in [5.41, 5.74) is 0.856. The van der Waals surface area contributed by atoms with E-state index in [0.29, 0.717) is 0 Å². The molecular formula is C15H17NO. The highest BCUT2D eigenvalue weighted by Gasteiger charge is 2.54. The summed E-state index contributed by atoms with van der Waals surface area (Å²) in [6.07, 6.45) is 1.76. The van der Waals surface area contributed by atoms with E-state index in [1.165, 1.54) is 0 Å². The van der Waals surface area contributed by atoms with Crippen molar-refractivity contribution in [2.45, 2.75) is 39.2 Å². The van der Waals surface area contributed by atoms with Gasteiger partial charge in [-0.05, 0) is 0 Å². The van der Waals surface area contributed by atoms with E-state index in [-0.39, 0.29) is 5.78 Å². The summed E-state index contributed by atoms with van der Waals surface area (Å²) in [5.74, 6) is 0.128. The zero-order valence-electron chi connectivity index (χ0n) is 10.6. The molecule has 0 radical (unpaired) electrons. The summed E-state index contributed by atoms with van der Waals surface area (Å²) in [5, 5.41) is 0. The van der Waals surface area contributed by atoms with Crippen molar-refractivity contribution in [3.8, 4) is 0 Å². The van der Waals surface area contributed by atoms with E-state index < -0.39 is 11.0 Å². The van der Waals surface area contributed by atoms with Crippen LogP contribution in [0.3, 0.4) is 0 Å². The number of hydrogen-bond donors (Lipinski definition) is 0. The Labute approximate surface area is 102 Å². The molecule has 0 saturated heterocycles. The van der Waals surface area contributed by atoms with Crippen molar-refractivity contribution in [3.05, 3.63) is 46.8 Å². The Balaban J connectivity index is 2.50. The fraction of sp³-hybridized carbons (Fsp3) is 0.467. The second kappa shape index (κ2) is 3.70. The molecule has 1 aromatic carbocycles. The summed E-state index contributed by atoms with van der Waals surface area (Å²) in [6.45, 7) is 13.1. The van der Waals surface area contributed by atoms with E-state index in [1.807, 2.05) is 45.0 Å². The van der Waals surface area contributed by atoms with Crippen LogP contribution in [0.2, 0.25) is 0 Å². The molecule has 0 heterocycles. The van der Waals surface area contributed by atoms with Crippen molar-refractivity contribution in [1.82, 2.24) is 0 Å². The van der Waals surface area contributed by atoms with Crippen LogP contribution in [-0.2, 0) is 5.54 Å². The zero-order chi connectivity index (χ0) is 12.7. The van der Waals surface area contributed by atoms with E-state index in [1.54, 1.807) is 0 Å². The van der Waals surface area contributed by atoms with Gasteiger partial charge in [-0.25, -0.2) is 6.57 Å². The Kier molecular flexibility index (Phi) is 2.58. The number of nitrogens with zero attached hydrogens (tertiary/aromatic N) is 1. The molecule has 0 amide bonds. The number of carbonyl (C=O) groups is 1. The highest BCUT2D eigenvalue weighted by atomic mass is 16.1. The minimum Gasteiger partial charge on any atom is -0.305 e. The van der Waals surface area contributed by atoms with Crippen molar-refractivity contribution in [3.63, 3.8) is 0 Å². The van der Waals surface area contributed by atoms with Crippen LogP contribution in [0.4, 0.5) is 0 Å². The average Bonchev–Trinajstić information content (AvgIpc) is 3.08. The number of Topliss-reactive ketones (excluding diaryl/α,β-unsaturated/α-hetero) is 1. The lowest BCUT2D eigenvalue weighted by Gasteiger charge is -2.19. The predicted octanol–water partition coefficient (Wildman–Crippen LogP) is 3.82. The van der Waals surface area contributed by atoms with Crippen LogP contribution in [0.5, 0.6) is 0 Å². The first-order valence-electron chi connectivity index (χ1n) is 5.94. The summed E-state index contributed by atoms with van der Waals surface area (Å²) in [4.78, 5) is 16.1. The third-order valence-corrected chi connectivity index (χ3v) is 3.29. The molecule has 1 saturated carbocycles. The highest BCUT2D eigenvalue weighted by molar-refractivity contribution is 6.01. The van der Waals surface area contributed by atoms with Crippen LogP contribution in [0.1, 0.15) is 49.5 Å². The first kappa shape index (κ1) is 11.9. The largest absolute Gasteiger partial charge is 0.305 e. The summed E-state index contributed by atoms with van der Waals surface area (Å²) in [6, 6.07) is 7.58. The molecule has 1 aromatic rings. The number of hydrogen-bond acceptors (Lipinski definition) is 1. The fourth-order valence-corrected chi connectivity index (χ4v) is 2.05. The van der Waals surface area contributed by atoms with Crippen LogP contribution in [0.25, 0.3) is 4.85 Å². The van der Waals surface area contributed by atoms with Crippen molar-refractivity contribution >= 4 is 5.78 Å². The highest BCUT2D eigenvalue weighted by Crippen LogP contribution is 2.51. The van der Waals surface area contributed by atoms with Crippen molar-refractivity contribution in [2.75, 3.05) is 0 Å². The minimum absolute atomic E-state index is 0.128. The van der Waals surface area contributed by atoms with Gasteiger partial charge in [0.15, 0.2) is 5.78 Å². The van der Waals surface area contributed by atoms with Crippen LogP contribution in [-0.4, -0.2) is 5.78 Å². The molecule has 0 aliphatic heterocycles. The van der Waals surface area contributed by atoms with Crippen LogP contribution < -0.4 is 0 Å². The van der Waals surface area contributed by atoms with Gasteiger partial charge in [0, 0.05) is 29.4 Å². The molecule has 88 valence electrons. The SMILES string of the molecule is [C-]#[N+]C1(c2ccccc2C(=O)C(C)(C)C)CC1. The Morgan fingerprint density at radius 2 is 1.88 bits per heavy atom. The van der Waals surface area contributed by atoms with Crippen LogP contribution in [0, 0.1) is 12.0 Å². The van der Waals surface area contributed by atoms with Gasteiger partial charge in [0.2, 0.25) is 0 Å². The van der Waals surface area contributed by atoms with Gasteiger partial charge in [-0.2, -0.15) is 0 Å². The van der Waals surface area contributed by atoms with Crippen LogP contribution >= 0.6 is 0 Å². The second-order valence-corrected chi connectivity index (χ2v) is 5.77. The van der Waals surface area contributed by atoms with Gasteiger partial charge >= 0.3 is 0 Å². The quantitative estimate of drug-likeness (QED) is 0.556. The molecule has 1 fully saturated rings. The molecule has 0 bridgehead atoms. The maximum absolute atomic E-state index is 12.4. The fourth-order valence-electron chi connectivity index (χ4n) is 2.05. The zero-order valence-corrected chi connectivity index (χ0v) is 10.6. The molecule has 0 unspecified atom stereocenters. The summed E-state index contributed by atoms with van der Waals surface area (Å²) >= 11 is 0. The van der Waals surface area contributed by atoms with Crippen molar-refractivity contribution in [1.29, 1.82) is 0 Å². The first-order chi connectivity index (χ1) is 7.91. The standard InChI is InChI=1S/C15H17NO/c1-14(2,3)13(17)11-7-5-6-8-12(11)15(16-4)9-10-15/h5-8H,9-10H2,1-3H3. The normalized spacial score (nSPS) is 17.3. The number of ketones is 1. The summed E-state index contributed by atoms with van der Waals surface area (Å²) < 4.78 is 0. The van der Waals surface area contributed by atoms with E-state index in [0.717, 1.165) is 24.0 Å². The number of carbonyl (C=O) groups excluding carboxylic acids is 1. The number of rotatable bonds is 2. The lowest BCUT2D eigenvalue weighted by atomic mass is 9.83. The molecule has 1 aliphatic rings. The molecule has 0 N–H and O–H groups in total. The van der Waals surface area contributed by atoms with Gasteiger partial charge in [-0.15, -0.1) is 0 Å². The molecule has 0 spiro atoms. The van der Waals surface area contributed by atoms with Gasteiger partial charge in [0.25, 0.3) is 5.54 Å². The molecule has 0 aromatic heterocycles. The average molecular weight is 227 g/mol. The Morgan fingerprint density at radius 1 is 1.29 bits per heavy atom. The maximum Gasteiger partial charge on any atom is 0.258 e. The topological polar surface area (TPSA) is 21.4 Å². The van der Waals surface area contributed by atoms with Gasteiger partial charge in [-0.1, -0.05) is 45.0 Å². The lowest BCUT2D eigenvalue weighted by molar-refractivity contribution is 0.0857. The molecule has 2 heteroatoms. The van der Waals surface area contributed by atoms with Gasteiger partial charge < -0.3 is 4.85 Å². The Hall–Kier alpha value is -1.62. The molecule has 0 atom stereocenters. The van der Waals surface area contributed by atoms with E-state index in [4.69, 9.17) is 6.57 Å². The smallest absolute Gasteiger partial charge is 0.258 e. The Morgan fingerprint density at radius 3 is 2.35 bits per heavy atom. The minimum atomic E-state index is -0.405. The Bertz CT molecular complexity index is 498. The molecule has 17 heavy (non-hydrogen) atoms. The van der Waals surface area contributed by atoms with Gasteiger partial charge in [0.1, 0.15) is 0 Å². The molecule has 2 nitrogen and oxygen atoms in total. The van der Waals surface area contributed by atoms with Crippen LogP contribution in [0.15, 0.2) is 24.3 Å². The third-order valence-electron chi connectivity index (χ3n) is 3.29. The summed E-state index contributed by atoms with van der Waals surface area (Å²) in [7, 11) is 0. The van der Waals surface area contributed by atoms with Gasteiger partial charge in [-0.3, -0.25) is 4.79 Å². The maximum atomic E-state index is 12.4. The van der Waals surface area contributed by atoms with E-state index >= 15 is 0 Å². The van der Waals surface area contributed by atoms with Crippen molar-refractivity contribution in [2.24, 2.45) is 5.41 Å².